The highest BCUT2D eigenvalue weighted by Gasteiger charge is 2.14. The summed E-state index contributed by atoms with van der Waals surface area (Å²) < 4.78 is 25.0. The molecule has 0 unspecified atom stereocenters. The monoisotopic (exact) mass is 318 g/mol. The van der Waals surface area contributed by atoms with Gasteiger partial charge in [0.05, 0.1) is 6.61 Å². The number of hydrogen-bond acceptors (Lipinski definition) is 3. The molecule has 1 aromatic heterocycles. The third-order valence-corrected chi connectivity index (χ3v) is 3.74. The molecule has 0 aliphatic carbocycles. The Kier molecular flexibility index (Phi) is 6.39. The fourth-order valence-corrected chi connectivity index (χ4v) is 2.49. The summed E-state index contributed by atoms with van der Waals surface area (Å²) in [6.45, 7) is 6.06. The largest absolute Gasteiger partial charge is 0.490 e. The van der Waals surface area contributed by atoms with Crippen LogP contribution >= 0.6 is 0 Å². The van der Waals surface area contributed by atoms with Crippen molar-refractivity contribution >= 4 is 10.8 Å². The molecule has 3 nitrogen and oxygen atoms in total. The van der Waals surface area contributed by atoms with Crippen molar-refractivity contribution in [3.8, 4) is 5.75 Å². The van der Waals surface area contributed by atoms with Gasteiger partial charge in [-0.3, -0.25) is 0 Å². The number of unbranched alkanes of at least 4 members (excludes halogenated alkanes) is 3. The highest BCUT2D eigenvalue weighted by Crippen LogP contribution is 2.25. The SMILES string of the molecule is C=CCCOc1ccc2cc(CCCCCC)oc(=O)c2c1F. The lowest BCUT2D eigenvalue weighted by Gasteiger charge is -2.08. The van der Waals surface area contributed by atoms with Crippen LogP contribution < -0.4 is 10.4 Å². The number of aryl methyl sites for hydroxylation is 1. The fourth-order valence-electron chi connectivity index (χ4n) is 2.49. The Morgan fingerprint density at radius 1 is 1.30 bits per heavy atom. The van der Waals surface area contributed by atoms with Gasteiger partial charge in [-0.25, -0.2) is 9.18 Å². The van der Waals surface area contributed by atoms with Crippen LogP contribution in [0.25, 0.3) is 10.8 Å². The predicted molar refractivity (Wildman–Crippen MR) is 90.6 cm³/mol. The van der Waals surface area contributed by atoms with Gasteiger partial charge in [0.25, 0.3) is 0 Å². The van der Waals surface area contributed by atoms with Crippen molar-refractivity contribution in [2.75, 3.05) is 6.61 Å². The number of ether oxygens (including phenoxy) is 1. The molecule has 0 bridgehead atoms. The van der Waals surface area contributed by atoms with Gasteiger partial charge in [-0.1, -0.05) is 38.3 Å². The van der Waals surface area contributed by atoms with E-state index < -0.39 is 11.4 Å². The van der Waals surface area contributed by atoms with E-state index in [0.29, 0.717) is 30.6 Å². The molecule has 0 spiro atoms. The Bertz CT molecular complexity index is 718. The first kappa shape index (κ1) is 17.3. The van der Waals surface area contributed by atoms with E-state index in [0.717, 1.165) is 25.7 Å². The lowest BCUT2D eigenvalue weighted by Crippen LogP contribution is -2.07. The molecule has 4 heteroatoms. The molecular weight excluding hydrogens is 295 g/mol. The van der Waals surface area contributed by atoms with Crippen molar-refractivity contribution in [2.24, 2.45) is 0 Å². The maximum absolute atomic E-state index is 14.4. The molecule has 0 aliphatic rings. The molecule has 0 aliphatic heterocycles. The van der Waals surface area contributed by atoms with Gasteiger partial charge in [0.1, 0.15) is 11.1 Å². The second kappa shape index (κ2) is 8.51. The molecule has 124 valence electrons. The minimum atomic E-state index is -0.655. The number of fused-ring (bicyclic) bond motifs is 1. The summed E-state index contributed by atoms with van der Waals surface area (Å²) in [5.41, 5.74) is -0.639. The second-order valence-electron chi connectivity index (χ2n) is 5.58. The summed E-state index contributed by atoms with van der Waals surface area (Å²) in [6.07, 6.45) is 7.39. The van der Waals surface area contributed by atoms with E-state index in [1.54, 1.807) is 24.3 Å². The van der Waals surface area contributed by atoms with E-state index in [-0.39, 0.29) is 11.1 Å². The van der Waals surface area contributed by atoms with Gasteiger partial charge < -0.3 is 9.15 Å². The molecule has 23 heavy (non-hydrogen) atoms. The number of benzene rings is 1. The molecular formula is C19H23FO3. The summed E-state index contributed by atoms with van der Waals surface area (Å²) in [5.74, 6) is 0.0264. The predicted octanol–water partition coefficient (Wildman–Crippen LogP) is 5.01. The number of hydrogen-bond donors (Lipinski definition) is 0. The van der Waals surface area contributed by atoms with Crippen LogP contribution in [0.15, 0.2) is 40.1 Å². The number of halogens is 1. The van der Waals surface area contributed by atoms with Crippen molar-refractivity contribution < 1.29 is 13.5 Å². The molecule has 1 aromatic carbocycles. The van der Waals surface area contributed by atoms with Gasteiger partial charge in [-0.05, 0) is 30.4 Å². The van der Waals surface area contributed by atoms with Crippen molar-refractivity contribution in [2.45, 2.75) is 45.4 Å². The highest BCUT2D eigenvalue weighted by molar-refractivity contribution is 5.83. The normalized spacial score (nSPS) is 10.9. The molecule has 2 aromatic rings. The lowest BCUT2D eigenvalue weighted by molar-refractivity contribution is 0.309. The van der Waals surface area contributed by atoms with Crippen LogP contribution in [0.5, 0.6) is 5.75 Å². The van der Waals surface area contributed by atoms with Crippen molar-refractivity contribution in [1.29, 1.82) is 0 Å². The van der Waals surface area contributed by atoms with E-state index in [4.69, 9.17) is 9.15 Å². The van der Waals surface area contributed by atoms with E-state index in [9.17, 15) is 9.18 Å². The Morgan fingerprint density at radius 2 is 2.13 bits per heavy atom. The molecule has 0 N–H and O–H groups in total. The third-order valence-electron chi connectivity index (χ3n) is 3.74. The van der Waals surface area contributed by atoms with E-state index in [1.807, 2.05) is 0 Å². The van der Waals surface area contributed by atoms with Crippen LogP contribution in [0.3, 0.4) is 0 Å². The molecule has 0 saturated heterocycles. The van der Waals surface area contributed by atoms with Gasteiger partial charge in [0.15, 0.2) is 11.6 Å². The van der Waals surface area contributed by atoms with Gasteiger partial charge in [-0.15, -0.1) is 6.58 Å². The average Bonchev–Trinajstić information content (AvgIpc) is 2.53. The van der Waals surface area contributed by atoms with Gasteiger partial charge in [0, 0.05) is 6.42 Å². The smallest absolute Gasteiger partial charge is 0.346 e. The molecule has 0 fully saturated rings. The van der Waals surface area contributed by atoms with Crippen molar-refractivity contribution in [3.63, 3.8) is 0 Å². The van der Waals surface area contributed by atoms with E-state index >= 15 is 0 Å². The molecule has 0 amide bonds. The first-order valence-corrected chi connectivity index (χ1v) is 8.16. The Morgan fingerprint density at radius 3 is 2.87 bits per heavy atom. The third kappa shape index (κ3) is 4.44. The quantitative estimate of drug-likeness (QED) is 0.482. The van der Waals surface area contributed by atoms with Crippen LogP contribution in [-0.4, -0.2) is 6.61 Å². The lowest BCUT2D eigenvalue weighted by atomic mass is 10.1. The standard InChI is InChI=1S/C19H23FO3/c1-3-5-7-8-9-15-13-14-10-11-16(22-12-6-4-2)18(20)17(14)19(21)23-15/h4,10-11,13H,2-3,5-9,12H2,1H3. The molecule has 0 atom stereocenters. The first-order valence-electron chi connectivity index (χ1n) is 8.16. The van der Waals surface area contributed by atoms with Gasteiger partial charge >= 0.3 is 5.63 Å². The summed E-state index contributed by atoms with van der Waals surface area (Å²) in [6, 6.07) is 5.01. The van der Waals surface area contributed by atoms with Crippen LogP contribution in [0.2, 0.25) is 0 Å². The van der Waals surface area contributed by atoms with Crippen LogP contribution in [0.4, 0.5) is 4.39 Å². The zero-order valence-electron chi connectivity index (χ0n) is 13.6. The van der Waals surface area contributed by atoms with Crippen LogP contribution in [0, 0.1) is 5.82 Å². The topological polar surface area (TPSA) is 39.4 Å². The molecule has 0 radical (unpaired) electrons. The number of rotatable bonds is 9. The molecule has 2 rings (SSSR count). The highest BCUT2D eigenvalue weighted by atomic mass is 19.1. The Hall–Kier alpha value is -2.10. The molecule has 0 saturated carbocycles. The van der Waals surface area contributed by atoms with E-state index in [2.05, 4.69) is 13.5 Å². The Balaban J connectivity index is 2.23. The maximum atomic E-state index is 14.4. The minimum Gasteiger partial charge on any atom is -0.490 e. The summed E-state index contributed by atoms with van der Waals surface area (Å²) in [4.78, 5) is 12.1. The summed E-state index contributed by atoms with van der Waals surface area (Å²) >= 11 is 0. The maximum Gasteiger partial charge on any atom is 0.346 e. The summed E-state index contributed by atoms with van der Waals surface area (Å²) in [7, 11) is 0. The molecule has 1 heterocycles. The first-order chi connectivity index (χ1) is 11.2. The zero-order chi connectivity index (χ0) is 16.7. The second-order valence-corrected chi connectivity index (χ2v) is 5.58. The van der Waals surface area contributed by atoms with Crippen LogP contribution in [0.1, 0.15) is 44.8 Å². The van der Waals surface area contributed by atoms with Crippen LogP contribution in [-0.2, 0) is 6.42 Å². The fraction of sp³-hybridized carbons (Fsp3) is 0.421. The van der Waals surface area contributed by atoms with Gasteiger partial charge in [0.2, 0.25) is 0 Å². The summed E-state index contributed by atoms with van der Waals surface area (Å²) in [5, 5.41) is 0.513. The average molecular weight is 318 g/mol. The zero-order valence-corrected chi connectivity index (χ0v) is 13.6. The minimum absolute atomic E-state index is 0.0431. The van der Waals surface area contributed by atoms with Crippen molar-refractivity contribution in [3.05, 3.63) is 52.9 Å². The van der Waals surface area contributed by atoms with Gasteiger partial charge in [-0.2, -0.15) is 0 Å². The Labute approximate surface area is 135 Å². The van der Waals surface area contributed by atoms with E-state index in [1.165, 1.54) is 0 Å². The van der Waals surface area contributed by atoms with Crippen molar-refractivity contribution in [1.82, 2.24) is 0 Å².